The number of nitrogens with zero attached hydrogens (tertiary/aromatic N) is 3. The van der Waals surface area contributed by atoms with Crippen LogP contribution in [0, 0.1) is 12.8 Å². The Morgan fingerprint density at radius 3 is 2.61 bits per heavy atom. The second-order valence-corrected chi connectivity index (χ2v) is 8.26. The topological polar surface area (TPSA) is 56.2 Å². The minimum absolute atomic E-state index is 0.108. The van der Waals surface area contributed by atoms with E-state index in [4.69, 9.17) is 4.74 Å². The number of likely N-dealkylation sites (tertiary alicyclic amines) is 1. The Hall–Kier alpha value is -1.63. The molecule has 0 radical (unpaired) electrons. The fourth-order valence-electron chi connectivity index (χ4n) is 4.67. The van der Waals surface area contributed by atoms with Crippen LogP contribution in [0.25, 0.3) is 0 Å². The monoisotopic (exact) mass is 389 g/mol. The molecule has 0 aromatic heterocycles. The standard InChI is InChI=1S/C22H35N3O3/c1-17-15-18(6-7-21(17)28-3)22(27)25-9-8-20(19(16-25)5-4-14-26)24-12-10-23(2)11-13-24/h6-7,15,19-20,26H,4-5,8-14,16H2,1-3H3/t19-,20+/m1/s1. The predicted molar refractivity (Wildman–Crippen MR) is 111 cm³/mol. The summed E-state index contributed by atoms with van der Waals surface area (Å²) in [6.45, 7) is 8.19. The maximum Gasteiger partial charge on any atom is 0.253 e. The maximum absolute atomic E-state index is 13.1. The Labute approximate surface area is 169 Å². The van der Waals surface area contributed by atoms with Crippen LogP contribution < -0.4 is 4.74 Å². The second-order valence-electron chi connectivity index (χ2n) is 8.26. The van der Waals surface area contributed by atoms with Gasteiger partial charge in [-0.25, -0.2) is 0 Å². The van der Waals surface area contributed by atoms with Crippen LogP contribution in [0.4, 0.5) is 0 Å². The van der Waals surface area contributed by atoms with Gasteiger partial charge in [-0.15, -0.1) is 0 Å². The van der Waals surface area contributed by atoms with E-state index in [1.165, 1.54) is 0 Å². The highest BCUT2D eigenvalue weighted by atomic mass is 16.5. The van der Waals surface area contributed by atoms with Gasteiger partial charge < -0.3 is 19.6 Å². The summed E-state index contributed by atoms with van der Waals surface area (Å²) in [5, 5.41) is 9.35. The molecule has 2 fully saturated rings. The Morgan fingerprint density at radius 2 is 1.96 bits per heavy atom. The summed E-state index contributed by atoms with van der Waals surface area (Å²) in [4.78, 5) is 20.1. The Balaban J connectivity index is 1.69. The van der Waals surface area contributed by atoms with E-state index in [0.29, 0.717) is 12.0 Å². The number of likely N-dealkylation sites (N-methyl/N-ethyl adjacent to an activating group) is 1. The summed E-state index contributed by atoms with van der Waals surface area (Å²) in [5.74, 6) is 1.34. The van der Waals surface area contributed by atoms with Crippen molar-refractivity contribution in [2.24, 2.45) is 5.92 Å². The van der Waals surface area contributed by atoms with Crippen molar-refractivity contribution in [3.05, 3.63) is 29.3 Å². The Kier molecular flexibility index (Phi) is 7.32. The van der Waals surface area contributed by atoms with Gasteiger partial charge in [0.1, 0.15) is 5.75 Å². The first kappa shape index (κ1) is 21.1. The minimum Gasteiger partial charge on any atom is -0.496 e. The zero-order valence-electron chi connectivity index (χ0n) is 17.6. The van der Waals surface area contributed by atoms with Crippen molar-refractivity contribution in [3.63, 3.8) is 0 Å². The highest BCUT2D eigenvalue weighted by Crippen LogP contribution is 2.28. The molecule has 2 saturated heterocycles. The minimum atomic E-state index is 0.108. The maximum atomic E-state index is 13.1. The van der Waals surface area contributed by atoms with E-state index in [9.17, 15) is 9.90 Å². The molecule has 0 spiro atoms. The molecule has 0 unspecified atom stereocenters. The quantitative estimate of drug-likeness (QED) is 0.805. The molecule has 28 heavy (non-hydrogen) atoms. The van der Waals surface area contributed by atoms with Crippen LogP contribution in [0.15, 0.2) is 18.2 Å². The molecule has 6 heteroatoms. The molecule has 3 rings (SSSR count). The molecular formula is C22H35N3O3. The van der Waals surface area contributed by atoms with Gasteiger partial charge in [0.05, 0.1) is 7.11 Å². The first-order chi connectivity index (χ1) is 13.5. The van der Waals surface area contributed by atoms with Crippen LogP contribution in [0.2, 0.25) is 0 Å². The Morgan fingerprint density at radius 1 is 1.21 bits per heavy atom. The van der Waals surface area contributed by atoms with Crippen LogP contribution in [0.5, 0.6) is 5.75 Å². The SMILES string of the molecule is COc1ccc(C(=O)N2CC[C@H](N3CCN(C)CC3)[C@H](CCCO)C2)cc1C. The lowest BCUT2D eigenvalue weighted by Gasteiger charge is -2.46. The van der Waals surface area contributed by atoms with Gasteiger partial charge in [0.2, 0.25) is 0 Å². The summed E-state index contributed by atoms with van der Waals surface area (Å²) in [5.41, 5.74) is 1.72. The number of hydrogen-bond acceptors (Lipinski definition) is 5. The first-order valence-corrected chi connectivity index (χ1v) is 10.5. The van der Waals surface area contributed by atoms with E-state index < -0.39 is 0 Å². The highest BCUT2D eigenvalue weighted by Gasteiger charge is 2.35. The van der Waals surface area contributed by atoms with Gasteiger partial charge in [-0.3, -0.25) is 9.69 Å². The van der Waals surface area contributed by atoms with Crippen molar-refractivity contribution in [2.45, 2.75) is 32.2 Å². The molecule has 0 aliphatic carbocycles. The molecule has 1 N–H and O–H groups in total. The number of hydrogen-bond donors (Lipinski definition) is 1. The van der Waals surface area contributed by atoms with Crippen molar-refractivity contribution in [3.8, 4) is 5.75 Å². The van der Waals surface area contributed by atoms with Gasteiger partial charge in [-0.2, -0.15) is 0 Å². The van der Waals surface area contributed by atoms with E-state index in [2.05, 4.69) is 16.8 Å². The van der Waals surface area contributed by atoms with Gasteiger partial charge in [0.25, 0.3) is 5.91 Å². The number of aryl methyl sites for hydroxylation is 1. The number of aliphatic hydroxyl groups is 1. The number of aliphatic hydroxyl groups excluding tert-OH is 1. The smallest absolute Gasteiger partial charge is 0.253 e. The largest absolute Gasteiger partial charge is 0.496 e. The van der Waals surface area contributed by atoms with Crippen LogP contribution in [-0.4, -0.2) is 91.8 Å². The lowest BCUT2D eigenvalue weighted by Crippen LogP contribution is -2.56. The van der Waals surface area contributed by atoms with Gasteiger partial charge in [0.15, 0.2) is 0 Å². The number of amides is 1. The molecule has 2 heterocycles. The van der Waals surface area contributed by atoms with Crippen LogP contribution >= 0.6 is 0 Å². The van der Waals surface area contributed by atoms with Crippen LogP contribution in [0.1, 0.15) is 35.2 Å². The molecule has 1 aromatic carbocycles. The third kappa shape index (κ3) is 4.85. The third-order valence-corrected chi connectivity index (χ3v) is 6.36. The number of benzene rings is 1. The summed E-state index contributed by atoms with van der Waals surface area (Å²) >= 11 is 0. The predicted octanol–water partition coefficient (Wildman–Crippen LogP) is 1.85. The van der Waals surface area contributed by atoms with Crippen molar-refractivity contribution in [1.29, 1.82) is 0 Å². The molecule has 2 atom stereocenters. The highest BCUT2D eigenvalue weighted by molar-refractivity contribution is 5.94. The molecule has 0 saturated carbocycles. The average Bonchev–Trinajstić information content (AvgIpc) is 2.72. The number of ether oxygens (including phenoxy) is 1. The van der Waals surface area contributed by atoms with Gasteiger partial charge >= 0.3 is 0 Å². The van der Waals surface area contributed by atoms with Gasteiger partial charge in [-0.05, 0) is 62.9 Å². The number of rotatable bonds is 6. The van der Waals surface area contributed by atoms with E-state index in [1.54, 1.807) is 7.11 Å². The summed E-state index contributed by atoms with van der Waals surface area (Å²) in [6, 6.07) is 6.18. The zero-order valence-corrected chi connectivity index (χ0v) is 17.6. The molecular weight excluding hydrogens is 354 g/mol. The molecule has 0 bridgehead atoms. The summed E-state index contributed by atoms with van der Waals surface area (Å²) < 4.78 is 5.32. The fraction of sp³-hybridized carbons (Fsp3) is 0.682. The summed E-state index contributed by atoms with van der Waals surface area (Å²) in [7, 11) is 3.83. The molecule has 1 aromatic rings. The average molecular weight is 390 g/mol. The molecule has 1 amide bonds. The summed E-state index contributed by atoms with van der Waals surface area (Å²) in [6.07, 6.45) is 2.79. The number of piperazine rings is 1. The van der Waals surface area contributed by atoms with Gasteiger partial charge in [0, 0.05) is 57.5 Å². The van der Waals surface area contributed by atoms with Crippen molar-refractivity contribution in [1.82, 2.24) is 14.7 Å². The van der Waals surface area contributed by atoms with Crippen molar-refractivity contribution in [2.75, 3.05) is 60.0 Å². The second kappa shape index (κ2) is 9.72. The van der Waals surface area contributed by atoms with Crippen LogP contribution in [0.3, 0.4) is 0 Å². The van der Waals surface area contributed by atoms with E-state index in [0.717, 1.165) is 75.4 Å². The van der Waals surface area contributed by atoms with Crippen LogP contribution in [-0.2, 0) is 0 Å². The van der Waals surface area contributed by atoms with E-state index in [-0.39, 0.29) is 12.5 Å². The molecule has 156 valence electrons. The normalized spacial score (nSPS) is 24.4. The van der Waals surface area contributed by atoms with Crippen molar-refractivity contribution < 1.29 is 14.6 Å². The first-order valence-electron chi connectivity index (χ1n) is 10.5. The lowest BCUT2D eigenvalue weighted by molar-refractivity contribution is 0.0218. The number of methoxy groups -OCH3 is 1. The molecule has 2 aliphatic rings. The zero-order chi connectivity index (χ0) is 20.1. The van der Waals surface area contributed by atoms with E-state index in [1.807, 2.05) is 30.0 Å². The Bertz CT molecular complexity index is 658. The number of carbonyl (C=O) groups is 1. The van der Waals surface area contributed by atoms with Gasteiger partial charge in [-0.1, -0.05) is 0 Å². The molecule has 2 aliphatic heterocycles. The number of piperidine rings is 1. The fourth-order valence-corrected chi connectivity index (χ4v) is 4.67. The molecule has 6 nitrogen and oxygen atoms in total. The third-order valence-electron chi connectivity index (χ3n) is 6.36. The lowest BCUT2D eigenvalue weighted by atomic mass is 9.86. The number of carbonyl (C=O) groups excluding carboxylic acids is 1. The van der Waals surface area contributed by atoms with E-state index >= 15 is 0 Å². The van der Waals surface area contributed by atoms with Crippen molar-refractivity contribution >= 4 is 5.91 Å².